The van der Waals surface area contributed by atoms with Crippen molar-refractivity contribution in [3.05, 3.63) is 28.4 Å². The molecule has 1 fully saturated rings. The van der Waals surface area contributed by atoms with Crippen LogP contribution in [0.15, 0.2) is 22.9 Å². The topological polar surface area (TPSA) is 48.9 Å². The second-order valence-corrected chi connectivity index (χ2v) is 3.95. The van der Waals surface area contributed by atoms with Gasteiger partial charge in [-0.2, -0.15) is 4.79 Å². The summed E-state index contributed by atoms with van der Waals surface area (Å²) in [7, 11) is 0. The molecule has 2 rings (SSSR count). The molecule has 4 nitrogen and oxygen atoms in total. The lowest BCUT2D eigenvalue weighted by atomic mass is 10.1. The van der Waals surface area contributed by atoms with E-state index in [9.17, 15) is 0 Å². The van der Waals surface area contributed by atoms with E-state index in [1.165, 1.54) is 0 Å². The Morgan fingerprint density at radius 3 is 2.67 bits per heavy atom. The second-order valence-electron chi connectivity index (χ2n) is 3.49. The molecule has 0 aromatic heterocycles. The standard InChI is InChI=1S/C10H12ClN3O/c11-9-7-8(13-12)1-2-10(9)14-3-5-15-6-4-14/h1-2H,3-7H2. The van der Waals surface area contributed by atoms with E-state index in [1.807, 2.05) is 6.08 Å². The summed E-state index contributed by atoms with van der Waals surface area (Å²) in [6.45, 7) is 3.20. The SMILES string of the molecule is [N-]=[N+]=C1C=CC(N2CCOCC2)=C(Cl)C1. The third kappa shape index (κ3) is 2.29. The van der Waals surface area contributed by atoms with Crippen LogP contribution in [0.25, 0.3) is 5.53 Å². The average Bonchev–Trinajstić information content (AvgIpc) is 2.30. The van der Waals surface area contributed by atoms with E-state index in [1.54, 1.807) is 6.08 Å². The highest BCUT2D eigenvalue weighted by Gasteiger charge is 2.21. The number of hydrogen-bond donors (Lipinski definition) is 0. The van der Waals surface area contributed by atoms with Gasteiger partial charge in [-0.15, -0.1) is 0 Å². The number of morpholine rings is 1. The van der Waals surface area contributed by atoms with E-state index in [0.717, 1.165) is 37.0 Å². The molecule has 0 atom stereocenters. The molecule has 0 unspecified atom stereocenters. The molecule has 0 spiro atoms. The Kier molecular flexibility index (Phi) is 3.21. The largest absolute Gasteiger partial charge is 0.378 e. The second kappa shape index (κ2) is 4.62. The van der Waals surface area contributed by atoms with Gasteiger partial charge < -0.3 is 15.2 Å². The van der Waals surface area contributed by atoms with Gasteiger partial charge in [0.1, 0.15) is 0 Å². The van der Waals surface area contributed by atoms with Crippen molar-refractivity contribution in [2.75, 3.05) is 26.3 Å². The number of halogens is 1. The third-order valence-electron chi connectivity index (χ3n) is 2.53. The van der Waals surface area contributed by atoms with Crippen molar-refractivity contribution in [1.82, 2.24) is 4.90 Å². The highest BCUT2D eigenvalue weighted by Crippen LogP contribution is 2.24. The van der Waals surface area contributed by atoms with E-state index in [4.69, 9.17) is 21.9 Å². The number of hydrogen-bond acceptors (Lipinski definition) is 2. The molecule has 1 heterocycles. The monoisotopic (exact) mass is 225 g/mol. The number of ether oxygens (including phenoxy) is 1. The quantitative estimate of drug-likeness (QED) is 0.500. The molecule has 0 bridgehead atoms. The van der Waals surface area contributed by atoms with Gasteiger partial charge >= 0.3 is 0 Å². The molecule has 0 amide bonds. The Morgan fingerprint density at radius 1 is 1.33 bits per heavy atom. The number of rotatable bonds is 1. The minimum atomic E-state index is 0.501. The van der Waals surface area contributed by atoms with E-state index in [0.29, 0.717) is 12.1 Å². The van der Waals surface area contributed by atoms with Crippen LogP contribution in [0.1, 0.15) is 6.42 Å². The summed E-state index contributed by atoms with van der Waals surface area (Å²) in [5.74, 6) is 0. The van der Waals surface area contributed by atoms with Crippen LogP contribution in [0.3, 0.4) is 0 Å². The maximum absolute atomic E-state index is 8.63. The van der Waals surface area contributed by atoms with Gasteiger partial charge in [-0.1, -0.05) is 11.6 Å². The zero-order valence-corrected chi connectivity index (χ0v) is 9.07. The zero-order chi connectivity index (χ0) is 10.7. The van der Waals surface area contributed by atoms with Crippen LogP contribution < -0.4 is 0 Å². The lowest BCUT2D eigenvalue weighted by Gasteiger charge is -2.31. The Labute approximate surface area is 93.4 Å². The van der Waals surface area contributed by atoms with E-state index < -0.39 is 0 Å². The van der Waals surface area contributed by atoms with E-state index >= 15 is 0 Å². The Bertz CT molecular complexity index is 363. The summed E-state index contributed by atoms with van der Waals surface area (Å²) < 4.78 is 5.27. The van der Waals surface area contributed by atoms with Crippen LogP contribution in [0.2, 0.25) is 0 Å². The van der Waals surface area contributed by atoms with Crippen LogP contribution in [0.5, 0.6) is 0 Å². The fourth-order valence-electron chi connectivity index (χ4n) is 1.72. The first kappa shape index (κ1) is 10.4. The van der Waals surface area contributed by atoms with Gasteiger partial charge in [0.2, 0.25) is 0 Å². The van der Waals surface area contributed by atoms with Crippen LogP contribution in [-0.4, -0.2) is 41.7 Å². The van der Waals surface area contributed by atoms with Gasteiger partial charge in [-0.05, 0) is 6.08 Å². The molecule has 5 heteroatoms. The maximum atomic E-state index is 8.63. The first-order valence-corrected chi connectivity index (χ1v) is 5.29. The fraction of sp³-hybridized carbons (Fsp3) is 0.500. The van der Waals surface area contributed by atoms with Crippen LogP contribution in [-0.2, 0) is 4.74 Å². The molecule has 0 saturated carbocycles. The molecule has 1 aliphatic heterocycles. The predicted molar refractivity (Wildman–Crippen MR) is 57.7 cm³/mol. The van der Waals surface area contributed by atoms with Crippen molar-refractivity contribution >= 4 is 17.3 Å². The average molecular weight is 226 g/mol. The van der Waals surface area contributed by atoms with Crippen molar-refractivity contribution in [2.24, 2.45) is 0 Å². The highest BCUT2D eigenvalue weighted by atomic mass is 35.5. The van der Waals surface area contributed by atoms with Gasteiger partial charge in [0.25, 0.3) is 5.71 Å². The Balaban J connectivity index is 2.15. The molecule has 0 aromatic rings. The number of allylic oxidation sites excluding steroid dienone is 3. The molecular weight excluding hydrogens is 214 g/mol. The van der Waals surface area contributed by atoms with Gasteiger partial charge in [-0.3, -0.25) is 0 Å². The van der Waals surface area contributed by atoms with Crippen LogP contribution >= 0.6 is 11.6 Å². The summed E-state index contributed by atoms with van der Waals surface area (Å²) in [5, 5.41) is 0.729. The summed E-state index contributed by atoms with van der Waals surface area (Å²) in [6.07, 6.45) is 4.18. The van der Waals surface area contributed by atoms with Crippen molar-refractivity contribution in [3.8, 4) is 0 Å². The van der Waals surface area contributed by atoms with Crippen LogP contribution in [0, 0.1) is 0 Å². The molecule has 0 N–H and O–H groups in total. The Hall–Kier alpha value is -1.09. The van der Waals surface area contributed by atoms with Gasteiger partial charge in [0, 0.05) is 19.2 Å². The minimum absolute atomic E-state index is 0.501. The molecule has 0 aromatic carbocycles. The van der Waals surface area contributed by atoms with Gasteiger partial charge in [-0.25, -0.2) is 0 Å². The molecule has 80 valence electrons. The molecule has 15 heavy (non-hydrogen) atoms. The first-order chi connectivity index (χ1) is 7.31. The van der Waals surface area contributed by atoms with E-state index in [-0.39, 0.29) is 0 Å². The van der Waals surface area contributed by atoms with Crippen molar-refractivity contribution < 1.29 is 9.53 Å². The van der Waals surface area contributed by atoms with Crippen molar-refractivity contribution in [3.63, 3.8) is 0 Å². The third-order valence-corrected chi connectivity index (χ3v) is 2.86. The fourth-order valence-corrected chi connectivity index (χ4v) is 2.04. The Morgan fingerprint density at radius 2 is 2.07 bits per heavy atom. The molecule has 1 saturated heterocycles. The minimum Gasteiger partial charge on any atom is -0.378 e. The molecular formula is C10H12ClN3O. The maximum Gasteiger partial charge on any atom is 0.297 e. The summed E-state index contributed by atoms with van der Waals surface area (Å²) in [6, 6.07) is 0. The van der Waals surface area contributed by atoms with Crippen molar-refractivity contribution in [2.45, 2.75) is 6.42 Å². The summed E-state index contributed by atoms with van der Waals surface area (Å²) in [4.78, 5) is 5.34. The van der Waals surface area contributed by atoms with Gasteiger partial charge in [0.05, 0.1) is 30.4 Å². The lowest BCUT2D eigenvalue weighted by molar-refractivity contribution is -0.00564. The number of nitrogens with zero attached hydrogens (tertiary/aromatic N) is 3. The van der Waals surface area contributed by atoms with Crippen molar-refractivity contribution in [1.29, 1.82) is 0 Å². The first-order valence-electron chi connectivity index (χ1n) is 4.91. The van der Waals surface area contributed by atoms with Gasteiger partial charge in [0.15, 0.2) is 0 Å². The molecule has 2 aliphatic rings. The van der Waals surface area contributed by atoms with Crippen LogP contribution in [0.4, 0.5) is 0 Å². The molecule has 1 aliphatic carbocycles. The molecule has 0 radical (unpaired) electrons. The lowest BCUT2D eigenvalue weighted by Crippen LogP contribution is -2.36. The zero-order valence-electron chi connectivity index (χ0n) is 8.32. The summed E-state index contributed by atoms with van der Waals surface area (Å²) >= 11 is 6.14. The summed E-state index contributed by atoms with van der Waals surface area (Å²) in [5.41, 5.74) is 10.2. The van der Waals surface area contributed by atoms with E-state index in [2.05, 4.69) is 9.69 Å². The smallest absolute Gasteiger partial charge is 0.297 e. The highest BCUT2D eigenvalue weighted by molar-refractivity contribution is 6.32. The normalized spacial score (nSPS) is 21.9. The predicted octanol–water partition coefficient (Wildman–Crippen LogP) is 1.40.